The summed E-state index contributed by atoms with van der Waals surface area (Å²) in [6.07, 6.45) is 1.98. The van der Waals surface area contributed by atoms with Gasteiger partial charge in [-0.2, -0.15) is 0 Å². The second kappa shape index (κ2) is 8.71. The van der Waals surface area contributed by atoms with Crippen molar-refractivity contribution in [2.45, 2.75) is 57.7 Å². The zero-order valence-electron chi connectivity index (χ0n) is 18.3. The number of hydrogen-bond donors (Lipinski definition) is 2. The van der Waals surface area contributed by atoms with Gasteiger partial charge < -0.3 is 20.2 Å². The molecule has 0 atom stereocenters. The van der Waals surface area contributed by atoms with Crippen molar-refractivity contribution in [3.8, 4) is 0 Å². The van der Waals surface area contributed by atoms with Crippen LogP contribution in [-0.4, -0.2) is 45.5 Å². The average molecular weight is 422 g/mol. The number of amides is 3. The van der Waals surface area contributed by atoms with Crippen LogP contribution < -0.4 is 5.32 Å². The number of aliphatic hydroxyl groups is 1. The fourth-order valence-corrected chi connectivity index (χ4v) is 4.46. The van der Waals surface area contributed by atoms with Gasteiger partial charge in [-0.1, -0.05) is 36.4 Å². The standard InChI is InChI=1S/C25H31N3O3/c1-25(2,31)15-23(29)27-13-11-19(12-14-27)18-7-9-22(10-8-18)26-24(30)28-16-20-5-3-4-6-21(20)17-28/h3-10,19,31H,11-17H2,1-2H3,(H,26,30). The quantitative estimate of drug-likeness (QED) is 0.781. The number of likely N-dealkylation sites (tertiary alicyclic amines) is 1. The Morgan fingerprint density at radius 2 is 1.55 bits per heavy atom. The smallest absolute Gasteiger partial charge is 0.322 e. The first-order valence-electron chi connectivity index (χ1n) is 11.0. The SMILES string of the molecule is CC(C)(O)CC(=O)N1CCC(c2ccc(NC(=O)N3Cc4ccccc4C3)cc2)CC1. The lowest BCUT2D eigenvalue weighted by molar-refractivity contribution is -0.136. The van der Waals surface area contributed by atoms with E-state index in [0.717, 1.165) is 18.5 Å². The van der Waals surface area contributed by atoms with Crippen LogP contribution in [0.3, 0.4) is 0 Å². The summed E-state index contributed by atoms with van der Waals surface area (Å²) in [6.45, 7) is 6.05. The molecule has 1 saturated heterocycles. The summed E-state index contributed by atoms with van der Waals surface area (Å²) in [4.78, 5) is 28.6. The number of anilines is 1. The monoisotopic (exact) mass is 421 g/mol. The van der Waals surface area contributed by atoms with Crippen molar-refractivity contribution in [1.82, 2.24) is 9.80 Å². The van der Waals surface area contributed by atoms with Gasteiger partial charge in [0.25, 0.3) is 0 Å². The van der Waals surface area contributed by atoms with E-state index >= 15 is 0 Å². The largest absolute Gasteiger partial charge is 0.390 e. The minimum Gasteiger partial charge on any atom is -0.390 e. The second-order valence-electron chi connectivity index (χ2n) is 9.32. The Kier molecular flexibility index (Phi) is 6.01. The molecule has 0 saturated carbocycles. The first-order valence-corrected chi connectivity index (χ1v) is 11.0. The number of hydrogen-bond acceptors (Lipinski definition) is 3. The molecule has 6 nitrogen and oxygen atoms in total. The third-order valence-corrected chi connectivity index (χ3v) is 6.19. The Morgan fingerprint density at radius 1 is 0.968 bits per heavy atom. The highest BCUT2D eigenvalue weighted by atomic mass is 16.3. The molecule has 4 rings (SSSR count). The van der Waals surface area contributed by atoms with Crippen LogP contribution in [0, 0.1) is 0 Å². The molecule has 2 N–H and O–H groups in total. The molecule has 6 heteroatoms. The highest BCUT2D eigenvalue weighted by molar-refractivity contribution is 5.89. The molecule has 3 amide bonds. The van der Waals surface area contributed by atoms with Gasteiger partial charge in [-0.25, -0.2) is 4.79 Å². The molecule has 2 aromatic carbocycles. The van der Waals surface area contributed by atoms with E-state index in [4.69, 9.17) is 0 Å². The van der Waals surface area contributed by atoms with Crippen LogP contribution in [0.15, 0.2) is 48.5 Å². The van der Waals surface area contributed by atoms with Crippen LogP contribution in [0.5, 0.6) is 0 Å². The van der Waals surface area contributed by atoms with Crippen molar-refractivity contribution in [1.29, 1.82) is 0 Å². The highest BCUT2D eigenvalue weighted by Gasteiger charge is 2.27. The number of carbonyl (C=O) groups is 2. The minimum atomic E-state index is -0.966. The molecular weight excluding hydrogens is 390 g/mol. The maximum Gasteiger partial charge on any atom is 0.322 e. The van der Waals surface area contributed by atoms with Crippen LogP contribution >= 0.6 is 0 Å². The van der Waals surface area contributed by atoms with E-state index < -0.39 is 5.60 Å². The van der Waals surface area contributed by atoms with Crippen molar-refractivity contribution < 1.29 is 14.7 Å². The highest BCUT2D eigenvalue weighted by Crippen LogP contribution is 2.30. The van der Waals surface area contributed by atoms with Gasteiger partial charge in [0, 0.05) is 31.9 Å². The molecular formula is C25H31N3O3. The van der Waals surface area contributed by atoms with Crippen molar-refractivity contribution in [3.05, 3.63) is 65.2 Å². The van der Waals surface area contributed by atoms with Crippen LogP contribution in [0.1, 0.15) is 55.7 Å². The van der Waals surface area contributed by atoms with Gasteiger partial charge in [0.15, 0.2) is 0 Å². The average Bonchev–Trinajstić information content (AvgIpc) is 3.18. The number of rotatable bonds is 4. The maximum absolute atomic E-state index is 12.6. The molecule has 0 aliphatic carbocycles. The topological polar surface area (TPSA) is 72.9 Å². The third kappa shape index (κ3) is 5.25. The van der Waals surface area contributed by atoms with Crippen LogP contribution in [0.25, 0.3) is 0 Å². The van der Waals surface area contributed by atoms with Crippen molar-refractivity contribution >= 4 is 17.6 Å². The fourth-order valence-electron chi connectivity index (χ4n) is 4.46. The molecule has 0 radical (unpaired) electrons. The van der Waals surface area contributed by atoms with E-state index in [1.165, 1.54) is 16.7 Å². The van der Waals surface area contributed by atoms with E-state index in [-0.39, 0.29) is 18.4 Å². The predicted molar refractivity (Wildman–Crippen MR) is 121 cm³/mol. The number of fused-ring (bicyclic) bond motifs is 1. The summed E-state index contributed by atoms with van der Waals surface area (Å²) < 4.78 is 0. The molecule has 31 heavy (non-hydrogen) atoms. The zero-order valence-corrected chi connectivity index (χ0v) is 18.3. The third-order valence-electron chi connectivity index (χ3n) is 6.19. The molecule has 164 valence electrons. The number of benzene rings is 2. The summed E-state index contributed by atoms with van der Waals surface area (Å²) in [5.74, 6) is 0.428. The van der Waals surface area contributed by atoms with E-state index in [1.807, 2.05) is 34.1 Å². The van der Waals surface area contributed by atoms with Crippen molar-refractivity contribution in [2.75, 3.05) is 18.4 Å². The second-order valence-corrected chi connectivity index (χ2v) is 9.32. The lowest BCUT2D eigenvalue weighted by Crippen LogP contribution is -2.41. The normalized spacial score (nSPS) is 16.9. The summed E-state index contributed by atoms with van der Waals surface area (Å²) in [7, 11) is 0. The Labute approximate surface area is 183 Å². The molecule has 0 bridgehead atoms. The number of piperidine rings is 1. The molecule has 2 heterocycles. The summed E-state index contributed by atoms with van der Waals surface area (Å²) in [5.41, 5.74) is 3.48. The molecule has 0 spiro atoms. The van der Waals surface area contributed by atoms with Crippen LogP contribution in [-0.2, 0) is 17.9 Å². The summed E-state index contributed by atoms with van der Waals surface area (Å²) in [6, 6.07) is 16.1. The Bertz CT molecular complexity index is 916. The van der Waals surface area contributed by atoms with E-state index in [9.17, 15) is 14.7 Å². The number of nitrogens with one attached hydrogen (secondary N) is 1. The van der Waals surface area contributed by atoms with Gasteiger partial charge in [0.1, 0.15) is 0 Å². The maximum atomic E-state index is 12.6. The Hall–Kier alpha value is -2.86. The fraction of sp³-hybridized carbons (Fsp3) is 0.440. The lowest BCUT2D eigenvalue weighted by atomic mass is 9.89. The Balaban J connectivity index is 1.28. The van der Waals surface area contributed by atoms with Gasteiger partial charge in [-0.05, 0) is 61.4 Å². The molecule has 2 aliphatic heterocycles. The molecule has 2 aliphatic rings. The number of urea groups is 1. The summed E-state index contributed by atoms with van der Waals surface area (Å²) in [5, 5.41) is 12.9. The van der Waals surface area contributed by atoms with Gasteiger partial charge in [-0.3, -0.25) is 4.79 Å². The number of carbonyl (C=O) groups excluding carboxylic acids is 2. The van der Waals surface area contributed by atoms with Crippen molar-refractivity contribution in [3.63, 3.8) is 0 Å². The molecule has 0 aromatic heterocycles. The summed E-state index contributed by atoms with van der Waals surface area (Å²) >= 11 is 0. The minimum absolute atomic E-state index is 0.0214. The first kappa shape index (κ1) is 21.4. The van der Waals surface area contributed by atoms with Gasteiger partial charge in [-0.15, -0.1) is 0 Å². The molecule has 2 aromatic rings. The lowest BCUT2D eigenvalue weighted by Gasteiger charge is -2.33. The van der Waals surface area contributed by atoms with E-state index in [2.05, 4.69) is 29.6 Å². The number of nitrogens with zero attached hydrogens (tertiary/aromatic N) is 2. The molecule has 0 unspecified atom stereocenters. The van der Waals surface area contributed by atoms with Crippen LogP contribution in [0.4, 0.5) is 10.5 Å². The first-order chi connectivity index (χ1) is 14.8. The van der Waals surface area contributed by atoms with Crippen LogP contribution in [0.2, 0.25) is 0 Å². The van der Waals surface area contributed by atoms with Gasteiger partial charge in [0.05, 0.1) is 12.0 Å². The van der Waals surface area contributed by atoms with E-state index in [1.54, 1.807) is 13.8 Å². The van der Waals surface area contributed by atoms with Gasteiger partial charge in [0.2, 0.25) is 5.91 Å². The van der Waals surface area contributed by atoms with E-state index in [0.29, 0.717) is 32.1 Å². The zero-order chi connectivity index (χ0) is 22.0. The van der Waals surface area contributed by atoms with Gasteiger partial charge >= 0.3 is 6.03 Å². The van der Waals surface area contributed by atoms with Crippen molar-refractivity contribution in [2.24, 2.45) is 0 Å². The predicted octanol–water partition coefficient (Wildman–Crippen LogP) is 4.10. The Morgan fingerprint density at radius 3 is 2.10 bits per heavy atom. The molecule has 1 fully saturated rings.